The largest absolute Gasteiger partial charge is 0.357 e. The number of nitrogens with zero attached hydrogens (tertiary/aromatic N) is 4. The third-order valence-electron chi connectivity index (χ3n) is 4.74. The molecule has 1 aliphatic rings. The van der Waals surface area contributed by atoms with Crippen LogP contribution in [0.2, 0.25) is 0 Å². The number of hydrogen-bond acceptors (Lipinski definition) is 4. The molecular weight excluding hydrogens is 439 g/mol. The van der Waals surface area contributed by atoms with Crippen molar-refractivity contribution in [3.8, 4) is 0 Å². The van der Waals surface area contributed by atoms with E-state index in [9.17, 15) is 0 Å². The molecule has 0 aliphatic carbocycles. The van der Waals surface area contributed by atoms with E-state index in [1.54, 1.807) is 0 Å². The first-order valence-corrected chi connectivity index (χ1v) is 9.61. The lowest BCUT2D eigenvalue weighted by atomic mass is 10.2. The molecule has 1 atom stereocenters. The molecule has 2 rings (SSSR count). The van der Waals surface area contributed by atoms with Gasteiger partial charge in [0.05, 0.1) is 6.54 Å². The van der Waals surface area contributed by atoms with Gasteiger partial charge in [-0.15, -0.1) is 24.0 Å². The van der Waals surface area contributed by atoms with Crippen molar-refractivity contribution in [2.24, 2.45) is 4.99 Å². The van der Waals surface area contributed by atoms with Crippen LogP contribution in [0.1, 0.15) is 26.5 Å². The Morgan fingerprint density at radius 1 is 1.19 bits per heavy atom. The van der Waals surface area contributed by atoms with Gasteiger partial charge >= 0.3 is 0 Å². The predicted molar refractivity (Wildman–Crippen MR) is 120 cm³/mol. The molecule has 1 aliphatic heterocycles. The van der Waals surface area contributed by atoms with Gasteiger partial charge in [0.15, 0.2) is 5.96 Å². The van der Waals surface area contributed by atoms with Crippen molar-refractivity contribution in [2.45, 2.75) is 33.2 Å². The second-order valence-corrected chi connectivity index (χ2v) is 6.54. The standard InChI is InChI=1S/C19H34N6.HI/c1-4-20-19(22-11-9-18-8-6-7-10-21-18)23-16-17(3)25-14-12-24(5-2)13-15-25;/h6-8,10,17H,4-5,9,11-16H2,1-3H3,(H2,20,22,23);1H. The van der Waals surface area contributed by atoms with Gasteiger partial charge in [-0.2, -0.15) is 0 Å². The van der Waals surface area contributed by atoms with Crippen LogP contribution in [0.5, 0.6) is 0 Å². The van der Waals surface area contributed by atoms with Crippen LogP contribution in [0.3, 0.4) is 0 Å². The number of guanidine groups is 1. The zero-order valence-corrected chi connectivity index (χ0v) is 18.8. The Hall–Kier alpha value is -0.930. The van der Waals surface area contributed by atoms with Gasteiger partial charge in [-0.3, -0.25) is 14.9 Å². The number of nitrogens with one attached hydrogen (secondary N) is 2. The van der Waals surface area contributed by atoms with E-state index in [1.807, 2.05) is 18.3 Å². The highest BCUT2D eigenvalue weighted by molar-refractivity contribution is 14.0. The van der Waals surface area contributed by atoms with Crippen molar-refractivity contribution >= 4 is 29.9 Å². The second kappa shape index (κ2) is 13.3. The van der Waals surface area contributed by atoms with Crippen molar-refractivity contribution in [1.82, 2.24) is 25.4 Å². The molecule has 0 bridgehead atoms. The first kappa shape index (κ1) is 23.1. The van der Waals surface area contributed by atoms with Crippen LogP contribution in [0, 0.1) is 0 Å². The monoisotopic (exact) mass is 474 g/mol. The molecular formula is C19H35IN6. The topological polar surface area (TPSA) is 55.8 Å². The summed E-state index contributed by atoms with van der Waals surface area (Å²) in [5, 5.41) is 6.75. The van der Waals surface area contributed by atoms with Crippen LogP contribution >= 0.6 is 24.0 Å². The van der Waals surface area contributed by atoms with Gasteiger partial charge in [0.1, 0.15) is 0 Å². The minimum Gasteiger partial charge on any atom is -0.357 e. The molecule has 2 heterocycles. The summed E-state index contributed by atoms with van der Waals surface area (Å²) in [6.45, 7) is 15.0. The molecule has 0 spiro atoms. The molecule has 1 saturated heterocycles. The summed E-state index contributed by atoms with van der Waals surface area (Å²) in [6.07, 6.45) is 2.74. The van der Waals surface area contributed by atoms with E-state index in [0.29, 0.717) is 6.04 Å². The van der Waals surface area contributed by atoms with Gasteiger partial charge in [-0.1, -0.05) is 13.0 Å². The van der Waals surface area contributed by atoms with Crippen LogP contribution in [-0.2, 0) is 6.42 Å². The van der Waals surface area contributed by atoms with E-state index in [-0.39, 0.29) is 24.0 Å². The predicted octanol–water partition coefficient (Wildman–Crippen LogP) is 1.82. The van der Waals surface area contributed by atoms with Crippen LogP contribution in [0.4, 0.5) is 0 Å². The first-order valence-electron chi connectivity index (χ1n) is 9.61. The third-order valence-corrected chi connectivity index (χ3v) is 4.74. The smallest absolute Gasteiger partial charge is 0.191 e. The Morgan fingerprint density at radius 2 is 1.96 bits per heavy atom. The van der Waals surface area contributed by atoms with E-state index in [4.69, 9.17) is 4.99 Å². The number of pyridine rings is 1. The second-order valence-electron chi connectivity index (χ2n) is 6.54. The van der Waals surface area contributed by atoms with E-state index in [1.165, 1.54) is 13.1 Å². The summed E-state index contributed by atoms with van der Waals surface area (Å²) in [7, 11) is 0. The molecule has 26 heavy (non-hydrogen) atoms. The van der Waals surface area contributed by atoms with Gasteiger partial charge in [0.2, 0.25) is 0 Å². The molecule has 2 N–H and O–H groups in total. The minimum atomic E-state index is 0. The molecule has 1 aromatic heterocycles. The fraction of sp³-hybridized carbons (Fsp3) is 0.684. The van der Waals surface area contributed by atoms with Crippen LogP contribution in [0.15, 0.2) is 29.4 Å². The van der Waals surface area contributed by atoms with Gasteiger partial charge in [-0.05, 0) is 32.5 Å². The number of rotatable bonds is 8. The maximum atomic E-state index is 4.78. The lowest BCUT2D eigenvalue weighted by Gasteiger charge is -2.37. The highest BCUT2D eigenvalue weighted by Crippen LogP contribution is 2.06. The fourth-order valence-electron chi connectivity index (χ4n) is 3.06. The summed E-state index contributed by atoms with van der Waals surface area (Å²) < 4.78 is 0. The molecule has 0 radical (unpaired) electrons. The summed E-state index contributed by atoms with van der Waals surface area (Å²) >= 11 is 0. The third kappa shape index (κ3) is 8.18. The summed E-state index contributed by atoms with van der Waals surface area (Å²) in [5.41, 5.74) is 1.10. The Kier molecular flexibility index (Phi) is 11.8. The SMILES string of the molecule is CCNC(=NCC(C)N1CCN(CC)CC1)NCCc1ccccn1.I. The summed E-state index contributed by atoms with van der Waals surface area (Å²) in [5.74, 6) is 0.900. The number of aliphatic imine (C=N–C) groups is 1. The molecule has 6 nitrogen and oxygen atoms in total. The highest BCUT2D eigenvalue weighted by Gasteiger charge is 2.19. The van der Waals surface area contributed by atoms with Crippen LogP contribution in [0.25, 0.3) is 0 Å². The number of hydrogen-bond donors (Lipinski definition) is 2. The van der Waals surface area contributed by atoms with Gasteiger partial charge in [0, 0.05) is 63.6 Å². The lowest BCUT2D eigenvalue weighted by Crippen LogP contribution is -2.50. The molecule has 148 valence electrons. The van der Waals surface area contributed by atoms with Gasteiger partial charge in [0.25, 0.3) is 0 Å². The molecule has 1 unspecified atom stereocenters. The average molecular weight is 474 g/mol. The van der Waals surface area contributed by atoms with Crippen LogP contribution < -0.4 is 10.6 Å². The summed E-state index contributed by atoms with van der Waals surface area (Å²) in [4.78, 5) is 14.2. The van der Waals surface area contributed by atoms with Gasteiger partial charge < -0.3 is 15.5 Å². The Morgan fingerprint density at radius 3 is 2.58 bits per heavy atom. The van der Waals surface area contributed by atoms with Crippen molar-refractivity contribution < 1.29 is 0 Å². The van der Waals surface area contributed by atoms with Crippen molar-refractivity contribution in [3.63, 3.8) is 0 Å². The normalized spacial score (nSPS) is 17.4. The molecule has 1 fully saturated rings. The molecule has 0 amide bonds. The van der Waals surface area contributed by atoms with Crippen molar-refractivity contribution in [3.05, 3.63) is 30.1 Å². The number of piperazine rings is 1. The Balaban J connectivity index is 0.00000338. The quantitative estimate of drug-likeness (QED) is 0.342. The average Bonchev–Trinajstić information content (AvgIpc) is 2.66. The first-order chi connectivity index (χ1) is 12.2. The number of aromatic nitrogens is 1. The Bertz CT molecular complexity index is 502. The zero-order chi connectivity index (χ0) is 17.9. The lowest BCUT2D eigenvalue weighted by molar-refractivity contribution is 0.109. The van der Waals surface area contributed by atoms with Crippen molar-refractivity contribution in [2.75, 3.05) is 52.4 Å². The molecule has 1 aromatic rings. The zero-order valence-electron chi connectivity index (χ0n) is 16.4. The van der Waals surface area contributed by atoms with Crippen molar-refractivity contribution in [1.29, 1.82) is 0 Å². The van der Waals surface area contributed by atoms with E-state index >= 15 is 0 Å². The number of halogens is 1. The summed E-state index contributed by atoms with van der Waals surface area (Å²) in [6, 6.07) is 6.51. The Labute approximate surface area is 175 Å². The van der Waals surface area contributed by atoms with E-state index < -0.39 is 0 Å². The molecule has 0 aromatic carbocycles. The minimum absolute atomic E-state index is 0. The maximum absolute atomic E-state index is 4.78. The van der Waals surface area contributed by atoms with E-state index in [0.717, 1.165) is 57.3 Å². The van der Waals surface area contributed by atoms with E-state index in [2.05, 4.69) is 52.3 Å². The molecule has 7 heteroatoms. The maximum Gasteiger partial charge on any atom is 0.191 e. The highest BCUT2D eigenvalue weighted by atomic mass is 127. The van der Waals surface area contributed by atoms with Gasteiger partial charge in [-0.25, -0.2) is 0 Å². The molecule has 0 saturated carbocycles. The number of likely N-dealkylation sites (N-methyl/N-ethyl adjacent to an activating group) is 1. The fourth-order valence-corrected chi connectivity index (χ4v) is 3.06. The van der Waals surface area contributed by atoms with Crippen LogP contribution in [-0.4, -0.2) is 79.1 Å².